The SMILES string of the molecule is COCC1(CNS(=O)(=O)c2cc(C)cc(C)c2OC)CCCN1.Cl. The molecule has 1 unspecified atom stereocenters. The number of hydrogen-bond donors (Lipinski definition) is 2. The van der Waals surface area contributed by atoms with Crippen molar-refractivity contribution in [3.05, 3.63) is 23.3 Å². The Kier molecular flexibility index (Phi) is 7.49. The van der Waals surface area contributed by atoms with Crippen LogP contribution in [0.25, 0.3) is 0 Å². The summed E-state index contributed by atoms with van der Waals surface area (Å²) in [5.74, 6) is 0.392. The smallest absolute Gasteiger partial charge is 0.244 e. The van der Waals surface area contributed by atoms with Gasteiger partial charge in [-0.15, -0.1) is 12.4 Å². The highest BCUT2D eigenvalue weighted by Gasteiger charge is 2.35. The molecule has 2 N–H and O–H groups in total. The van der Waals surface area contributed by atoms with Crippen molar-refractivity contribution in [1.29, 1.82) is 0 Å². The van der Waals surface area contributed by atoms with Crippen LogP contribution >= 0.6 is 12.4 Å². The number of sulfonamides is 1. The maximum atomic E-state index is 12.8. The third-order valence-corrected chi connectivity index (χ3v) is 5.64. The van der Waals surface area contributed by atoms with Crippen LogP contribution in [0.15, 0.2) is 17.0 Å². The van der Waals surface area contributed by atoms with Gasteiger partial charge < -0.3 is 14.8 Å². The van der Waals surface area contributed by atoms with E-state index < -0.39 is 10.0 Å². The van der Waals surface area contributed by atoms with Crippen LogP contribution in [-0.4, -0.2) is 47.9 Å². The highest BCUT2D eigenvalue weighted by molar-refractivity contribution is 7.89. The predicted octanol–water partition coefficient (Wildman–Crippen LogP) is 1.78. The van der Waals surface area contributed by atoms with Gasteiger partial charge in [0, 0.05) is 13.7 Å². The molecule has 0 aliphatic carbocycles. The van der Waals surface area contributed by atoms with E-state index >= 15 is 0 Å². The molecule has 0 aromatic heterocycles. The number of benzene rings is 1. The molecule has 1 saturated heterocycles. The van der Waals surface area contributed by atoms with Gasteiger partial charge in [-0.1, -0.05) is 6.07 Å². The van der Waals surface area contributed by atoms with Crippen LogP contribution in [0.4, 0.5) is 0 Å². The van der Waals surface area contributed by atoms with Gasteiger partial charge in [-0.05, 0) is 50.4 Å². The second-order valence-corrected chi connectivity index (χ2v) is 7.92. The molecule has 0 bridgehead atoms. The summed E-state index contributed by atoms with van der Waals surface area (Å²) >= 11 is 0. The first-order chi connectivity index (χ1) is 10.8. The first-order valence-corrected chi connectivity index (χ1v) is 9.21. The molecule has 1 aromatic rings. The molecule has 1 heterocycles. The molecule has 24 heavy (non-hydrogen) atoms. The van der Waals surface area contributed by atoms with E-state index in [0.29, 0.717) is 18.9 Å². The van der Waals surface area contributed by atoms with Gasteiger partial charge >= 0.3 is 0 Å². The standard InChI is InChI=1S/C16H26N2O4S.ClH/c1-12-8-13(2)15(22-4)14(9-12)23(19,20)18-10-16(11-21-3)6-5-7-17-16;/h8-9,17-18H,5-7,10-11H2,1-4H3;1H. The first-order valence-electron chi connectivity index (χ1n) is 7.72. The van der Waals surface area contributed by atoms with Crippen molar-refractivity contribution in [2.24, 2.45) is 0 Å². The summed E-state index contributed by atoms with van der Waals surface area (Å²) in [7, 11) is -0.547. The lowest BCUT2D eigenvalue weighted by Gasteiger charge is -2.29. The van der Waals surface area contributed by atoms with E-state index in [0.717, 1.165) is 30.5 Å². The van der Waals surface area contributed by atoms with Gasteiger partial charge in [0.05, 0.1) is 19.3 Å². The van der Waals surface area contributed by atoms with Crippen molar-refractivity contribution in [2.45, 2.75) is 37.1 Å². The molecule has 1 atom stereocenters. The van der Waals surface area contributed by atoms with E-state index in [4.69, 9.17) is 9.47 Å². The molecule has 138 valence electrons. The van der Waals surface area contributed by atoms with Crippen molar-refractivity contribution in [1.82, 2.24) is 10.0 Å². The summed E-state index contributed by atoms with van der Waals surface area (Å²) in [6, 6.07) is 3.54. The second-order valence-electron chi connectivity index (χ2n) is 6.18. The average Bonchev–Trinajstić information content (AvgIpc) is 2.94. The Balaban J connectivity index is 0.00000288. The molecule has 0 saturated carbocycles. The van der Waals surface area contributed by atoms with Crippen LogP contribution in [0.1, 0.15) is 24.0 Å². The predicted molar refractivity (Wildman–Crippen MR) is 96.7 cm³/mol. The lowest BCUT2D eigenvalue weighted by molar-refractivity contribution is 0.122. The molecule has 0 radical (unpaired) electrons. The molecular weight excluding hydrogens is 352 g/mol. The van der Waals surface area contributed by atoms with Crippen molar-refractivity contribution >= 4 is 22.4 Å². The van der Waals surface area contributed by atoms with E-state index in [1.807, 2.05) is 19.9 Å². The normalized spacial score (nSPS) is 20.7. The zero-order chi connectivity index (χ0) is 17.1. The van der Waals surface area contributed by atoms with Crippen LogP contribution in [0.3, 0.4) is 0 Å². The number of rotatable bonds is 7. The quantitative estimate of drug-likeness (QED) is 0.756. The van der Waals surface area contributed by atoms with E-state index in [1.54, 1.807) is 13.2 Å². The fourth-order valence-corrected chi connectivity index (χ4v) is 4.61. The Morgan fingerprint density at radius 3 is 2.54 bits per heavy atom. The molecular formula is C16H27ClN2O4S. The summed E-state index contributed by atoms with van der Waals surface area (Å²) in [6.07, 6.45) is 1.89. The van der Waals surface area contributed by atoms with Gasteiger partial charge in [0.1, 0.15) is 10.6 Å². The number of ether oxygens (including phenoxy) is 2. The zero-order valence-electron chi connectivity index (χ0n) is 14.6. The lowest BCUT2D eigenvalue weighted by atomic mass is 9.99. The van der Waals surface area contributed by atoms with Gasteiger partial charge in [0.15, 0.2) is 0 Å². The Morgan fingerprint density at radius 2 is 2.00 bits per heavy atom. The Hall–Kier alpha value is -0.860. The maximum absolute atomic E-state index is 12.8. The second kappa shape index (κ2) is 8.49. The number of methoxy groups -OCH3 is 2. The van der Waals surface area contributed by atoms with Crippen molar-refractivity contribution < 1.29 is 17.9 Å². The monoisotopic (exact) mass is 378 g/mol. The van der Waals surface area contributed by atoms with Gasteiger partial charge in [0.25, 0.3) is 0 Å². The van der Waals surface area contributed by atoms with Gasteiger partial charge in [-0.3, -0.25) is 0 Å². The first kappa shape index (κ1) is 21.2. The summed E-state index contributed by atoms with van der Waals surface area (Å²) in [5, 5.41) is 3.36. The van der Waals surface area contributed by atoms with E-state index in [1.165, 1.54) is 7.11 Å². The van der Waals surface area contributed by atoms with E-state index in [9.17, 15) is 8.42 Å². The zero-order valence-corrected chi connectivity index (χ0v) is 16.3. The van der Waals surface area contributed by atoms with Gasteiger partial charge in [0.2, 0.25) is 10.0 Å². The number of hydrogen-bond acceptors (Lipinski definition) is 5. The Labute approximate surface area is 150 Å². The molecule has 0 spiro atoms. The van der Waals surface area contributed by atoms with Gasteiger partial charge in [-0.2, -0.15) is 0 Å². The summed E-state index contributed by atoms with van der Waals surface area (Å²) in [6.45, 7) is 5.35. The Bertz CT molecular complexity index is 658. The molecule has 1 fully saturated rings. The van der Waals surface area contributed by atoms with E-state index in [2.05, 4.69) is 10.0 Å². The third kappa shape index (κ3) is 4.61. The largest absolute Gasteiger partial charge is 0.495 e. The molecule has 1 aromatic carbocycles. The molecule has 2 rings (SSSR count). The van der Waals surface area contributed by atoms with Gasteiger partial charge in [-0.25, -0.2) is 13.1 Å². The van der Waals surface area contributed by atoms with Crippen molar-refractivity contribution in [3.63, 3.8) is 0 Å². The Morgan fingerprint density at radius 1 is 1.29 bits per heavy atom. The fraction of sp³-hybridized carbons (Fsp3) is 0.625. The van der Waals surface area contributed by atoms with Crippen LogP contribution in [0.5, 0.6) is 5.75 Å². The molecule has 1 aliphatic heterocycles. The minimum Gasteiger partial charge on any atom is -0.495 e. The topological polar surface area (TPSA) is 76.7 Å². The van der Waals surface area contributed by atoms with Crippen molar-refractivity contribution in [3.8, 4) is 5.75 Å². The van der Waals surface area contributed by atoms with Crippen LogP contribution < -0.4 is 14.8 Å². The maximum Gasteiger partial charge on any atom is 0.244 e. The molecule has 1 aliphatic rings. The third-order valence-electron chi connectivity index (χ3n) is 4.23. The molecule has 0 amide bonds. The summed E-state index contributed by atoms with van der Waals surface area (Å²) in [4.78, 5) is 0.183. The fourth-order valence-electron chi connectivity index (χ4n) is 3.16. The average molecular weight is 379 g/mol. The summed E-state index contributed by atoms with van der Waals surface area (Å²) < 4.78 is 38.8. The number of nitrogens with one attached hydrogen (secondary N) is 2. The minimum absolute atomic E-state index is 0. The van der Waals surface area contributed by atoms with Crippen LogP contribution in [0, 0.1) is 13.8 Å². The van der Waals surface area contributed by atoms with Crippen LogP contribution in [0.2, 0.25) is 0 Å². The van der Waals surface area contributed by atoms with E-state index in [-0.39, 0.29) is 22.8 Å². The lowest BCUT2D eigenvalue weighted by Crippen LogP contribution is -2.52. The number of halogens is 1. The summed E-state index contributed by atoms with van der Waals surface area (Å²) in [5.41, 5.74) is 1.35. The van der Waals surface area contributed by atoms with Crippen LogP contribution in [-0.2, 0) is 14.8 Å². The molecule has 8 heteroatoms. The highest BCUT2D eigenvalue weighted by atomic mass is 35.5. The molecule has 6 nitrogen and oxygen atoms in total. The number of aryl methyl sites for hydroxylation is 2. The van der Waals surface area contributed by atoms with Crippen molar-refractivity contribution in [2.75, 3.05) is 33.9 Å². The highest BCUT2D eigenvalue weighted by Crippen LogP contribution is 2.29. The minimum atomic E-state index is -3.66.